The Bertz CT molecular complexity index is 607. The van der Waals surface area contributed by atoms with Crippen molar-refractivity contribution in [2.45, 2.75) is 13.3 Å². The molecule has 19 heavy (non-hydrogen) atoms. The molecule has 2 rings (SSSR count). The second-order valence-electron chi connectivity index (χ2n) is 4.21. The van der Waals surface area contributed by atoms with E-state index in [1.165, 1.54) is 0 Å². The Balaban J connectivity index is 2.52. The largest absolute Gasteiger partial charge is 0.496 e. The van der Waals surface area contributed by atoms with E-state index >= 15 is 0 Å². The van der Waals surface area contributed by atoms with E-state index in [-0.39, 0.29) is 0 Å². The fourth-order valence-electron chi connectivity index (χ4n) is 1.84. The van der Waals surface area contributed by atoms with Gasteiger partial charge in [0.2, 0.25) is 0 Å². The van der Waals surface area contributed by atoms with Crippen LogP contribution in [-0.2, 0) is 0 Å². The lowest BCUT2D eigenvalue weighted by Crippen LogP contribution is -1.93. The van der Waals surface area contributed by atoms with Gasteiger partial charge in [0, 0.05) is 10.0 Å². The van der Waals surface area contributed by atoms with Crippen molar-refractivity contribution in [3.05, 3.63) is 53.1 Å². The number of aromatic nitrogens is 1. The zero-order chi connectivity index (χ0) is 13.8. The average molecular weight is 318 g/mol. The molecular weight excluding hydrogens is 302 g/mol. The maximum atomic E-state index is 5.40. The number of rotatable bonds is 4. The summed E-state index contributed by atoms with van der Waals surface area (Å²) in [5.74, 6) is 0.815. The van der Waals surface area contributed by atoms with E-state index < -0.39 is 0 Å². The highest BCUT2D eigenvalue weighted by Crippen LogP contribution is 2.32. The van der Waals surface area contributed by atoms with E-state index in [9.17, 15) is 0 Å². The summed E-state index contributed by atoms with van der Waals surface area (Å²) in [6.45, 7) is 6.12. The number of pyridine rings is 1. The summed E-state index contributed by atoms with van der Waals surface area (Å²) >= 11 is 3.48. The predicted octanol–water partition coefficient (Wildman–Crippen LogP) is 4.94. The van der Waals surface area contributed by atoms with E-state index in [0.29, 0.717) is 0 Å². The molecule has 1 aromatic heterocycles. The predicted molar refractivity (Wildman–Crippen MR) is 83.3 cm³/mol. The summed E-state index contributed by atoms with van der Waals surface area (Å²) in [5, 5.41) is 0. The third kappa shape index (κ3) is 3.04. The molecule has 0 unspecified atom stereocenters. The molecule has 3 heteroatoms. The van der Waals surface area contributed by atoms with Crippen molar-refractivity contribution in [1.29, 1.82) is 0 Å². The minimum atomic E-state index is 0.815. The lowest BCUT2D eigenvalue weighted by atomic mass is 10.1. The van der Waals surface area contributed by atoms with E-state index in [4.69, 9.17) is 4.74 Å². The number of hydrogen-bond acceptors (Lipinski definition) is 2. The molecule has 0 radical (unpaired) electrons. The van der Waals surface area contributed by atoms with Crippen LogP contribution in [0.5, 0.6) is 5.75 Å². The van der Waals surface area contributed by atoms with Crippen LogP contribution < -0.4 is 4.74 Å². The molecule has 0 fully saturated rings. The summed E-state index contributed by atoms with van der Waals surface area (Å²) in [6, 6.07) is 11.9. The molecule has 1 heterocycles. The standard InChI is InChI=1S/C16H16BrNO/c1-4-11(2)14-6-5-7-15(18-14)13-10-12(17)8-9-16(13)19-3/h5-10H,2,4H2,1,3H3. The van der Waals surface area contributed by atoms with E-state index in [2.05, 4.69) is 34.4 Å². The fourth-order valence-corrected chi connectivity index (χ4v) is 2.20. The van der Waals surface area contributed by atoms with Crippen LogP contribution in [0.1, 0.15) is 19.0 Å². The topological polar surface area (TPSA) is 22.1 Å². The van der Waals surface area contributed by atoms with Crippen LogP contribution in [-0.4, -0.2) is 12.1 Å². The highest BCUT2D eigenvalue weighted by Gasteiger charge is 2.09. The molecule has 0 atom stereocenters. The number of ether oxygens (including phenoxy) is 1. The Morgan fingerprint density at radius 3 is 2.79 bits per heavy atom. The van der Waals surface area contributed by atoms with Gasteiger partial charge in [0.1, 0.15) is 5.75 Å². The van der Waals surface area contributed by atoms with Gasteiger partial charge in [0.05, 0.1) is 18.5 Å². The molecule has 1 aromatic carbocycles. The molecular formula is C16H16BrNO. The summed E-state index contributed by atoms with van der Waals surface area (Å²) in [6.07, 6.45) is 0.895. The molecule has 0 saturated carbocycles. The number of hydrogen-bond donors (Lipinski definition) is 0. The van der Waals surface area contributed by atoms with Crippen molar-refractivity contribution < 1.29 is 4.74 Å². The Kier molecular flexibility index (Phi) is 4.38. The van der Waals surface area contributed by atoms with Crippen LogP contribution in [0, 0.1) is 0 Å². The first-order chi connectivity index (χ1) is 9.15. The molecule has 0 saturated heterocycles. The van der Waals surface area contributed by atoms with Crippen LogP contribution in [0.2, 0.25) is 0 Å². The van der Waals surface area contributed by atoms with E-state index in [0.717, 1.165) is 39.2 Å². The quantitative estimate of drug-likeness (QED) is 0.796. The van der Waals surface area contributed by atoms with E-state index in [1.54, 1.807) is 7.11 Å². The smallest absolute Gasteiger partial charge is 0.128 e. The Morgan fingerprint density at radius 2 is 2.11 bits per heavy atom. The van der Waals surface area contributed by atoms with Crippen molar-refractivity contribution >= 4 is 21.5 Å². The molecule has 98 valence electrons. The van der Waals surface area contributed by atoms with Gasteiger partial charge in [0.15, 0.2) is 0 Å². The van der Waals surface area contributed by atoms with E-state index in [1.807, 2.05) is 36.4 Å². The number of benzene rings is 1. The molecule has 0 bridgehead atoms. The first-order valence-electron chi connectivity index (χ1n) is 6.14. The van der Waals surface area contributed by atoms with Crippen molar-refractivity contribution in [3.63, 3.8) is 0 Å². The van der Waals surface area contributed by atoms with Crippen molar-refractivity contribution in [1.82, 2.24) is 4.98 Å². The number of halogens is 1. The van der Waals surface area contributed by atoms with Gasteiger partial charge in [-0.15, -0.1) is 0 Å². The number of allylic oxidation sites excluding steroid dienone is 1. The first-order valence-corrected chi connectivity index (χ1v) is 6.94. The van der Waals surface area contributed by atoms with Crippen LogP contribution in [0.3, 0.4) is 0 Å². The van der Waals surface area contributed by atoms with Gasteiger partial charge < -0.3 is 4.74 Å². The maximum Gasteiger partial charge on any atom is 0.128 e. The van der Waals surface area contributed by atoms with Crippen LogP contribution in [0.15, 0.2) is 47.4 Å². The third-order valence-electron chi connectivity index (χ3n) is 2.98. The summed E-state index contributed by atoms with van der Waals surface area (Å²) < 4.78 is 6.40. The van der Waals surface area contributed by atoms with Gasteiger partial charge in [-0.2, -0.15) is 0 Å². The second-order valence-corrected chi connectivity index (χ2v) is 5.13. The molecule has 0 amide bonds. The SMILES string of the molecule is C=C(CC)c1cccc(-c2cc(Br)ccc2OC)n1. The maximum absolute atomic E-state index is 5.40. The van der Waals surface area contributed by atoms with Crippen LogP contribution in [0.25, 0.3) is 16.8 Å². The van der Waals surface area contributed by atoms with Crippen molar-refractivity contribution in [2.24, 2.45) is 0 Å². The number of methoxy groups -OCH3 is 1. The van der Waals surface area contributed by atoms with Gasteiger partial charge in [-0.05, 0) is 42.3 Å². The Morgan fingerprint density at radius 1 is 1.32 bits per heavy atom. The lowest BCUT2D eigenvalue weighted by molar-refractivity contribution is 0.416. The fraction of sp³-hybridized carbons (Fsp3) is 0.188. The van der Waals surface area contributed by atoms with Crippen molar-refractivity contribution in [3.8, 4) is 17.0 Å². The average Bonchev–Trinajstić information content (AvgIpc) is 2.46. The minimum Gasteiger partial charge on any atom is -0.496 e. The molecule has 0 aliphatic heterocycles. The summed E-state index contributed by atoms with van der Waals surface area (Å²) in [4.78, 5) is 4.66. The second kappa shape index (κ2) is 6.02. The number of nitrogens with zero attached hydrogens (tertiary/aromatic N) is 1. The van der Waals surface area contributed by atoms with Gasteiger partial charge in [0.25, 0.3) is 0 Å². The Labute approximate surface area is 122 Å². The highest BCUT2D eigenvalue weighted by atomic mass is 79.9. The van der Waals surface area contributed by atoms with Crippen LogP contribution in [0.4, 0.5) is 0 Å². The highest BCUT2D eigenvalue weighted by molar-refractivity contribution is 9.10. The van der Waals surface area contributed by atoms with Crippen LogP contribution >= 0.6 is 15.9 Å². The monoisotopic (exact) mass is 317 g/mol. The molecule has 0 aliphatic carbocycles. The Hall–Kier alpha value is -1.61. The normalized spacial score (nSPS) is 10.3. The first kappa shape index (κ1) is 13.8. The van der Waals surface area contributed by atoms with Gasteiger partial charge in [-0.3, -0.25) is 0 Å². The summed E-state index contributed by atoms with van der Waals surface area (Å²) in [7, 11) is 1.67. The lowest BCUT2D eigenvalue weighted by Gasteiger charge is -2.10. The molecule has 0 spiro atoms. The zero-order valence-electron chi connectivity index (χ0n) is 11.1. The molecule has 2 aromatic rings. The molecule has 0 aliphatic rings. The molecule has 0 N–H and O–H groups in total. The summed E-state index contributed by atoms with van der Waals surface area (Å²) in [5.41, 5.74) is 3.84. The minimum absolute atomic E-state index is 0.815. The van der Waals surface area contributed by atoms with Gasteiger partial charge in [-0.1, -0.05) is 35.5 Å². The molecule has 2 nitrogen and oxygen atoms in total. The zero-order valence-corrected chi connectivity index (χ0v) is 12.7. The van der Waals surface area contributed by atoms with Gasteiger partial charge >= 0.3 is 0 Å². The van der Waals surface area contributed by atoms with Crippen molar-refractivity contribution in [2.75, 3.05) is 7.11 Å². The van der Waals surface area contributed by atoms with Gasteiger partial charge in [-0.25, -0.2) is 4.98 Å². The third-order valence-corrected chi connectivity index (χ3v) is 3.47.